The van der Waals surface area contributed by atoms with Crippen molar-refractivity contribution in [3.05, 3.63) is 65.3 Å². The summed E-state index contributed by atoms with van der Waals surface area (Å²) >= 11 is 0. The molecule has 8 heteroatoms. The second-order valence-corrected chi connectivity index (χ2v) is 8.07. The Morgan fingerprint density at radius 2 is 1.83 bits per heavy atom. The lowest BCUT2D eigenvalue weighted by Gasteiger charge is -2.27. The van der Waals surface area contributed by atoms with Crippen molar-refractivity contribution in [1.82, 2.24) is 19.8 Å². The lowest BCUT2D eigenvalue weighted by molar-refractivity contribution is -0.123. The number of benzene rings is 1. The van der Waals surface area contributed by atoms with Gasteiger partial charge in [-0.15, -0.1) is 0 Å². The fraction of sp³-hybridized carbons (Fsp3) is 0.364. The van der Waals surface area contributed by atoms with Crippen molar-refractivity contribution >= 4 is 17.6 Å². The van der Waals surface area contributed by atoms with Crippen LogP contribution in [0.1, 0.15) is 36.4 Å². The summed E-state index contributed by atoms with van der Waals surface area (Å²) in [5.41, 5.74) is 2.40. The fourth-order valence-corrected chi connectivity index (χ4v) is 3.77. The van der Waals surface area contributed by atoms with Gasteiger partial charge in [0.15, 0.2) is 0 Å². The van der Waals surface area contributed by atoms with Crippen LogP contribution < -0.4 is 4.90 Å². The number of carbonyl (C=O) groups is 2. The SMILES string of the molecule is Cc1noc(C)c1Cn1cc(N2C(=O)N(CCc3ccccc3)C(C)(C)C2=O)cn1. The first-order chi connectivity index (χ1) is 14.3. The van der Waals surface area contributed by atoms with Gasteiger partial charge in [0.25, 0.3) is 5.91 Å². The molecule has 1 aliphatic rings. The summed E-state index contributed by atoms with van der Waals surface area (Å²) in [6.07, 6.45) is 3.94. The maximum absolute atomic E-state index is 13.2. The minimum atomic E-state index is -0.921. The molecule has 1 aromatic carbocycles. The first-order valence-corrected chi connectivity index (χ1v) is 9.93. The van der Waals surface area contributed by atoms with E-state index < -0.39 is 5.54 Å². The maximum Gasteiger partial charge on any atom is 0.332 e. The van der Waals surface area contributed by atoms with Gasteiger partial charge in [0.05, 0.1) is 24.1 Å². The molecule has 1 fully saturated rings. The van der Waals surface area contributed by atoms with E-state index in [1.807, 2.05) is 44.2 Å². The number of imide groups is 1. The van der Waals surface area contributed by atoms with Crippen molar-refractivity contribution in [1.29, 1.82) is 0 Å². The Morgan fingerprint density at radius 3 is 2.50 bits per heavy atom. The topological polar surface area (TPSA) is 84.5 Å². The molecule has 30 heavy (non-hydrogen) atoms. The summed E-state index contributed by atoms with van der Waals surface area (Å²) in [7, 11) is 0. The van der Waals surface area contributed by atoms with Crippen LogP contribution in [0.25, 0.3) is 0 Å². The zero-order valence-electron chi connectivity index (χ0n) is 17.6. The molecule has 1 aliphatic heterocycles. The summed E-state index contributed by atoms with van der Waals surface area (Å²) in [4.78, 5) is 29.1. The number of urea groups is 1. The van der Waals surface area contributed by atoms with Gasteiger partial charge in [0, 0.05) is 18.3 Å². The average molecular weight is 407 g/mol. The third-order valence-corrected chi connectivity index (χ3v) is 5.67. The van der Waals surface area contributed by atoms with E-state index in [1.165, 1.54) is 4.90 Å². The predicted molar refractivity (Wildman–Crippen MR) is 111 cm³/mol. The molecule has 0 aliphatic carbocycles. The highest BCUT2D eigenvalue weighted by atomic mass is 16.5. The van der Waals surface area contributed by atoms with Gasteiger partial charge < -0.3 is 9.42 Å². The number of nitrogens with zero attached hydrogens (tertiary/aromatic N) is 5. The molecule has 1 saturated heterocycles. The number of hydrogen-bond donors (Lipinski definition) is 0. The second kappa shape index (κ2) is 7.44. The van der Waals surface area contributed by atoms with Gasteiger partial charge in [-0.05, 0) is 39.7 Å². The second-order valence-electron chi connectivity index (χ2n) is 8.07. The highest BCUT2D eigenvalue weighted by Crippen LogP contribution is 2.32. The van der Waals surface area contributed by atoms with Gasteiger partial charge >= 0.3 is 6.03 Å². The molecular formula is C22H25N5O3. The van der Waals surface area contributed by atoms with E-state index in [1.54, 1.807) is 35.8 Å². The van der Waals surface area contributed by atoms with E-state index >= 15 is 0 Å². The lowest BCUT2D eigenvalue weighted by Crippen LogP contribution is -2.45. The quantitative estimate of drug-likeness (QED) is 0.585. The Bertz CT molecular complexity index is 1060. The van der Waals surface area contributed by atoms with Crippen LogP contribution in [0.5, 0.6) is 0 Å². The van der Waals surface area contributed by atoms with E-state index in [-0.39, 0.29) is 11.9 Å². The Labute approximate surface area is 175 Å². The van der Waals surface area contributed by atoms with Crippen LogP contribution in [0, 0.1) is 13.8 Å². The smallest absolute Gasteiger partial charge is 0.332 e. The molecule has 0 radical (unpaired) electrons. The summed E-state index contributed by atoms with van der Waals surface area (Å²) in [5, 5.41) is 8.29. The molecule has 0 N–H and O–H groups in total. The van der Waals surface area contributed by atoms with E-state index in [2.05, 4.69) is 10.3 Å². The molecule has 3 amide bonds. The summed E-state index contributed by atoms with van der Waals surface area (Å²) in [6, 6.07) is 9.61. The molecule has 4 rings (SSSR count). The molecular weight excluding hydrogens is 382 g/mol. The zero-order valence-corrected chi connectivity index (χ0v) is 17.6. The monoisotopic (exact) mass is 407 g/mol. The van der Waals surface area contributed by atoms with Crippen LogP contribution in [0.3, 0.4) is 0 Å². The minimum absolute atomic E-state index is 0.252. The average Bonchev–Trinajstić information content (AvgIpc) is 3.35. The summed E-state index contributed by atoms with van der Waals surface area (Å²) in [6.45, 7) is 8.21. The van der Waals surface area contributed by atoms with Crippen LogP contribution in [-0.2, 0) is 17.8 Å². The van der Waals surface area contributed by atoms with Crippen LogP contribution in [0.15, 0.2) is 47.2 Å². The fourth-order valence-electron chi connectivity index (χ4n) is 3.77. The number of aryl methyl sites for hydroxylation is 2. The maximum atomic E-state index is 13.2. The number of aromatic nitrogens is 3. The third-order valence-electron chi connectivity index (χ3n) is 5.67. The molecule has 3 aromatic rings. The first kappa shape index (κ1) is 19.9. The van der Waals surface area contributed by atoms with Gasteiger partial charge in [-0.3, -0.25) is 9.48 Å². The van der Waals surface area contributed by atoms with Crippen LogP contribution in [0.2, 0.25) is 0 Å². The highest BCUT2D eigenvalue weighted by molar-refractivity contribution is 6.22. The Morgan fingerprint density at radius 1 is 1.10 bits per heavy atom. The van der Waals surface area contributed by atoms with Gasteiger partial charge in [-0.1, -0.05) is 35.5 Å². The first-order valence-electron chi connectivity index (χ1n) is 9.93. The molecule has 0 saturated carbocycles. The van der Waals surface area contributed by atoms with Crippen molar-refractivity contribution < 1.29 is 14.1 Å². The lowest BCUT2D eigenvalue weighted by atomic mass is 10.0. The van der Waals surface area contributed by atoms with E-state index in [9.17, 15) is 9.59 Å². The number of hydrogen-bond acceptors (Lipinski definition) is 5. The normalized spacial score (nSPS) is 16.0. The molecule has 2 aromatic heterocycles. The minimum Gasteiger partial charge on any atom is -0.361 e. The standard InChI is InChI=1S/C22H25N5O3/c1-15-19(16(2)30-24-15)14-25-13-18(12-23-25)27-20(28)22(3,4)26(21(27)29)11-10-17-8-6-5-7-9-17/h5-9,12-13H,10-11,14H2,1-4H3. The van der Waals surface area contributed by atoms with Crippen molar-refractivity contribution in [2.45, 2.75) is 46.2 Å². The summed E-state index contributed by atoms with van der Waals surface area (Å²) in [5.74, 6) is 0.476. The van der Waals surface area contributed by atoms with Gasteiger partial charge in [-0.25, -0.2) is 9.69 Å². The Kier molecular flexibility index (Phi) is 4.93. The largest absolute Gasteiger partial charge is 0.361 e. The molecule has 8 nitrogen and oxygen atoms in total. The number of carbonyl (C=O) groups excluding carboxylic acids is 2. The third kappa shape index (κ3) is 3.38. The molecule has 0 spiro atoms. The van der Waals surface area contributed by atoms with Crippen molar-refractivity contribution in [2.24, 2.45) is 0 Å². The van der Waals surface area contributed by atoms with Crippen LogP contribution in [-0.4, -0.2) is 43.9 Å². The number of anilines is 1. The van der Waals surface area contributed by atoms with E-state index in [4.69, 9.17) is 4.52 Å². The predicted octanol–water partition coefficient (Wildman–Crippen LogP) is 3.33. The summed E-state index contributed by atoms with van der Waals surface area (Å²) < 4.78 is 6.88. The Hall–Kier alpha value is -3.42. The van der Waals surface area contributed by atoms with Crippen molar-refractivity contribution in [3.63, 3.8) is 0 Å². The van der Waals surface area contributed by atoms with Gasteiger partial charge in [-0.2, -0.15) is 5.10 Å². The number of amides is 3. The van der Waals surface area contributed by atoms with Gasteiger partial charge in [0.1, 0.15) is 11.3 Å². The molecule has 0 bridgehead atoms. The zero-order chi connectivity index (χ0) is 21.5. The Balaban J connectivity index is 1.54. The molecule has 0 atom stereocenters. The number of rotatable bonds is 6. The molecule has 0 unspecified atom stereocenters. The molecule has 3 heterocycles. The highest BCUT2D eigenvalue weighted by Gasteiger charge is 2.51. The van der Waals surface area contributed by atoms with Crippen LogP contribution >= 0.6 is 0 Å². The molecule has 156 valence electrons. The van der Waals surface area contributed by atoms with Crippen molar-refractivity contribution in [3.8, 4) is 0 Å². The van der Waals surface area contributed by atoms with E-state index in [0.29, 0.717) is 25.2 Å². The van der Waals surface area contributed by atoms with Crippen LogP contribution in [0.4, 0.5) is 10.5 Å². The van der Waals surface area contributed by atoms with E-state index in [0.717, 1.165) is 22.6 Å². The van der Waals surface area contributed by atoms with Gasteiger partial charge in [0.2, 0.25) is 0 Å². The van der Waals surface area contributed by atoms with Crippen molar-refractivity contribution in [2.75, 3.05) is 11.4 Å².